The third kappa shape index (κ3) is 4.83. The average molecular weight is 331 g/mol. The highest BCUT2D eigenvalue weighted by Crippen LogP contribution is 2.21. The number of hydrogen-bond donors (Lipinski definition) is 2. The number of carbonyl (C=O) groups excluding carboxylic acids is 1. The van der Waals surface area contributed by atoms with Crippen molar-refractivity contribution < 1.29 is 14.1 Å². The van der Waals surface area contributed by atoms with Crippen LogP contribution in [-0.4, -0.2) is 30.7 Å². The number of ether oxygens (including phenoxy) is 1. The van der Waals surface area contributed by atoms with Crippen molar-refractivity contribution in [3.8, 4) is 5.75 Å². The monoisotopic (exact) mass is 331 g/mol. The third-order valence-corrected chi connectivity index (χ3v) is 3.70. The van der Waals surface area contributed by atoms with Crippen LogP contribution in [0.5, 0.6) is 5.75 Å². The van der Waals surface area contributed by atoms with Crippen LogP contribution in [0.2, 0.25) is 0 Å². The Kier molecular flexibility index (Phi) is 6.81. The normalized spacial score (nSPS) is 10.6. The van der Waals surface area contributed by atoms with E-state index >= 15 is 0 Å². The van der Waals surface area contributed by atoms with E-state index in [4.69, 9.17) is 9.26 Å². The topological polar surface area (TPSA) is 76.4 Å². The summed E-state index contributed by atoms with van der Waals surface area (Å²) < 4.78 is 11.0. The van der Waals surface area contributed by atoms with Gasteiger partial charge >= 0.3 is 0 Å². The molecule has 6 nitrogen and oxygen atoms in total. The van der Waals surface area contributed by atoms with Crippen molar-refractivity contribution >= 4 is 5.91 Å². The average Bonchev–Trinajstić information content (AvgIpc) is 2.91. The first kappa shape index (κ1) is 18.0. The van der Waals surface area contributed by atoms with Crippen LogP contribution in [0.15, 0.2) is 28.8 Å². The molecule has 0 unspecified atom stereocenters. The fourth-order valence-corrected chi connectivity index (χ4v) is 2.30. The van der Waals surface area contributed by atoms with Gasteiger partial charge in [0.15, 0.2) is 0 Å². The molecule has 0 atom stereocenters. The van der Waals surface area contributed by atoms with E-state index in [2.05, 4.69) is 22.7 Å². The van der Waals surface area contributed by atoms with Crippen LogP contribution in [0.25, 0.3) is 0 Å². The lowest BCUT2D eigenvalue weighted by molar-refractivity contribution is 0.0949. The molecule has 1 amide bonds. The third-order valence-electron chi connectivity index (χ3n) is 3.70. The zero-order chi connectivity index (χ0) is 17.4. The van der Waals surface area contributed by atoms with Crippen molar-refractivity contribution in [3.05, 3.63) is 46.8 Å². The minimum absolute atomic E-state index is 0.136. The molecule has 1 aromatic carbocycles. The van der Waals surface area contributed by atoms with Gasteiger partial charge in [0, 0.05) is 13.1 Å². The Hall–Kier alpha value is -2.34. The lowest BCUT2D eigenvalue weighted by atomic mass is 10.2. The SMILES string of the molecule is CCCNCCNC(=O)c1ccccc1OCc1c(C)noc1C. The van der Waals surface area contributed by atoms with E-state index in [0.29, 0.717) is 24.5 Å². The number of hydrogen-bond acceptors (Lipinski definition) is 5. The molecular weight excluding hydrogens is 306 g/mol. The van der Waals surface area contributed by atoms with Gasteiger partial charge in [0.25, 0.3) is 5.91 Å². The van der Waals surface area contributed by atoms with Crippen molar-refractivity contribution in [1.82, 2.24) is 15.8 Å². The number of nitrogens with zero attached hydrogens (tertiary/aromatic N) is 1. The summed E-state index contributed by atoms with van der Waals surface area (Å²) in [7, 11) is 0. The van der Waals surface area contributed by atoms with Crippen molar-refractivity contribution in [2.75, 3.05) is 19.6 Å². The summed E-state index contributed by atoms with van der Waals surface area (Å²) in [5, 5.41) is 10.1. The molecule has 6 heteroatoms. The van der Waals surface area contributed by atoms with Gasteiger partial charge in [-0.3, -0.25) is 4.79 Å². The maximum Gasteiger partial charge on any atom is 0.255 e. The van der Waals surface area contributed by atoms with Gasteiger partial charge in [-0.2, -0.15) is 0 Å². The number of para-hydroxylation sites is 1. The van der Waals surface area contributed by atoms with E-state index < -0.39 is 0 Å². The molecule has 0 bridgehead atoms. The first-order valence-corrected chi connectivity index (χ1v) is 8.26. The second kappa shape index (κ2) is 9.08. The summed E-state index contributed by atoms with van der Waals surface area (Å²) in [6, 6.07) is 7.23. The highest BCUT2D eigenvalue weighted by Gasteiger charge is 2.14. The van der Waals surface area contributed by atoms with E-state index in [1.807, 2.05) is 26.0 Å². The summed E-state index contributed by atoms with van der Waals surface area (Å²) in [4.78, 5) is 12.3. The molecule has 0 spiro atoms. The molecule has 0 aliphatic rings. The zero-order valence-corrected chi connectivity index (χ0v) is 14.5. The van der Waals surface area contributed by atoms with Crippen molar-refractivity contribution in [1.29, 1.82) is 0 Å². The van der Waals surface area contributed by atoms with Crippen molar-refractivity contribution in [2.24, 2.45) is 0 Å². The summed E-state index contributed by atoms with van der Waals surface area (Å²) in [6.45, 7) is 8.44. The number of carbonyl (C=O) groups is 1. The van der Waals surface area contributed by atoms with Gasteiger partial charge in [-0.25, -0.2) is 0 Å². The van der Waals surface area contributed by atoms with E-state index in [9.17, 15) is 4.79 Å². The second-order valence-corrected chi connectivity index (χ2v) is 5.59. The number of amides is 1. The van der Waals surface area contributed by atoms with Crippen LogP contribution in [-0.2, 0) is 6.61 Å². The Bertz CT molecular complexity index is 648. The molecule has 2 rings (SSSR count). The first-order valence-electron chi connectivity index (χ1n) is 8.26. The summed E-state index contributed by atoms with van der Waals surface area (Å²) in [5.41, 5.74) is 2.24. The predicted octanol–water partition coefficient (Wildman–Crippen LogP) is 2.60. The quantitative estimate of drug-likeness (QED) is 0.691. The second-order valence-electron chi connectivity index (χ2n) is 5.59. The fourth-order valence-electron chi connectivity index (χ4n) is 2.30. The Morgan fingerprint density at radius 2 is 2.00 bits per heavy atom. The summed E-state index contributed by atoms with van der Waals surface area (Å²) >= 11 is 0. The van der Waals surface area contributed by atoms with Crippen LogP contribution in [0.4, 0.5) is 0 Å². The molecular formula is C18H25N3O3. The van der Waals surface area contributed by atoms with Gasteiger partial charge in [0.1, 0.15) is 18.1 Å². The molecule has 2 N–H and O–H groups in total. The summed E-state index contributed by atoms with van der Waals surface area (Å²) in [6.07, 6.45) is 1.08. The van der Waals surface area contributed by atoms with E-state index in [1.54, 1.807) is 12.1 Å². The number of aryl methyl sites for hydroxylation is 2. The van der Waals surface area contributed by atoms with E-state index in [-0.39, 0.29) is 5.91 Å². The van der Waals surface area contributed by atoms with E-state index in [0.717, 1.165) is 36.5 Å². The van der Waals surface area contributed by atoms with Crippen LogP contribution < -0.4 is 15.4 Å². The Morgan fingerprint density at radius 1 is 1.21 bits per heavy atom. The van der Waals surface area contributed by atoms with Gasteiger partial charge in [-0.1, -0.05) is 24.2 Å². The Morgan fingerprint density at radius 3 is 2.71 bits per heavy atom. The predicted molar refractivity (Wildman–Crippen MR) is 92.2 cm³/mol. The van der Waals surface area contributed by atoms with Gasteiger partial charge in [-0.05, 0) is 38.9 Å². The lowest BCUT2D eigenvalue weighted by Crippen LogP contribution is -2.32. The largest absolute Gasteiger partial charge is 0.488 e. The number of benzene rings is 1. The maximum atomic E-state index is 12.3. The highest BCUT2D eigenvalue weighted by atomic mass is 16.5. The smallest absolute Gasteiger partial charge is 0.255 e. The molecule has 130 valence electrons. The molecule has 0 saturated heterocycles. The molecule has 0 fully saturated rings. The van der Waals surface area contributed by atoms with Gasteiger partial charge < -0.3 is 19.9 Å². The van der Waals surface area contributed by atoms with Gasteiger partial charge in [0.2, 0.25) is 0 Å². The minimum atomic E-state index is -0.136. The van der Waals surface area contributed by atoms with Crippen LogP contribution in [0, 0.1) is 13.8 Å². The Balaban J connectivity index is 1.95. The zero-order valence-electron chi connectivity index (χ0n) is 14.5. The van der Waals surface area contributed by atoms with Gasteiger partial charge in [-0.15, -0.1) is 0 Å². The summed E-state index contributed by atoms with van der Waals surface area (Å²) in [5.74, 6) is 1.15. The molecule has 0 radical (unpaired) electrons. The first-order chi connectivity index (χ1) is 11.6. The molecule has 0 aliphatic carbocycles. The highest BCUT2D eigenvalue weighted by molar-refractivity contribution is 5.96. The molecule has 24 heavy (non-hydrogen) atoms. The van der Waals surface area contributed by atoms with Crippen LogP contribution in [0.1, 0.15) is 40.7 Å². The maximum absolute atomic E-state index is 12.3. The molecule has 2 aromatic rings. The van der Waals surface area contributed by atoms with Crippen LogP contribution in [0.3, 0.4) is 0 Å². The fraction of sp³-hybridized carbons (Fsp3) is 0.444. The number of aromatic nitrogens is 1. The Labute approximate surface area is 142 Å². The minimum Gasteiger partial charge on any atom is -0.488 e. The number of nitrogens with one attached hydrogen (secondary N) is 2. The molecule has 1 heterocycles. The van der Waals surface area contributed by atoms with Crippen molar-refractivity contribution in [2.45, 2.75) is 33.8 Å². The van der Waals surface area contributed by atoms with Gasteiger partial charge in [0.05, 0.1) is 16.8 Å². The molecule has 0 aliphatic heterocycles. The lowest BCUT2D eigenvalue weighted by Gasteiger charge is -2.12. The van der Waals surface area contributed by atoms with Crippen LogP contribution >= 0.6 is 0 Å². The molecule has 1 aromatic heterocycles. The van der Waals surface area contributed by atoms with Crippen molar-refractivity contribution in [3.63, 3.8) is 0 Å². The number of rotatable bonds is 9. The molecule has 0 saturated carbocycles. The van der Waals surface area contributed by atoms with E-state index in [1.165, 1.54) is 0 Å². The standard InChI is InChI=1S/C18H25N3O3/c1-4-9-19-10-11-20-18(22)15-7-5-6-8-17(15)23-12-16-13(2)21-24-14(16)3/h5-8,19H,4,9-12H2,1-3H3,(H,20,22).